The van der Waals surface area contributed by atoms with Crippen LogP contribution in [0.1, 0.15) is 36.8 Å². The maximum absolute atomic E-state index is 12.8. The van der Waals surface area contributed by atoms with E-state index in [1.54, 1.807) is 6.07 Å². The van der Waals surface area contributed by atoms with E-state index < -0.39 is 11.7 Å². The number of anilines is 1. The number of alkyl halides is 3. The normalized spacial score (nSPS) is 11.2. The molecule has 0 heterocycles. The van der Waals surface area contributed by atoms with Crippen LogP contribution in [0.3, 0.4) is 0 Å². The van der Waals surface area contributed by atoms with Crippen LogP contribution < -0.4 is 5.32 Å². The highest BCUT2D eigenvalue weighted by atomic mass is 32.2. The average Bonchev–Trinajstić information content (AvgIpc) is 2.45. The first kappa shape index (κ1) is 17.7. The Labute approximate surface area is 127 Å². The third-order valence-corrected chi connectivity index (χ3v) is 3.75. The average molecular weight is 316 g/mol. The minimum absolute atomic E-state index is 0.342. The van der Waals surface area contributed by atoms with E-state index in [1.807, 2.05) is 11.8 Å². The van der Waals surface area contributed by atoms with Crippen molar-refractivity contribution in [3.63, 3.8) is 0 Å². The Balaban J connectivity index is 2.48. The molecule has 0 aliphatic carbocycles. The van der Waals surface area contributed by atoms with Crippen LogP contribution in [0.15, 0.2) is 18.2 Å². The molecule has 0 aromatic heterocycles. The lowest BCUT2D eigenvalue weighted by atomic mass is 10.1. The van der Waals surface area contributed by atoms with Crippen LogP contribution in [0, 0.1) is 11.3 Å². The van der Waals surface area contributed by atoms with Gasteiger partial charge in [0.05, 0.1) is 17.2 Å². The number of hydrogen-bond acceptors (Lipinski definition) is 3. The second-order valence-corrected chi connectivity index (χ2v) is 5.69. The summed E-state index contributed by atoms with van der Waals surface area (Å²) in [6.07, 6.45) is 1.89. The lowest BCUT2D eigenvalue weighted by Crippen LogP contribution is -2.09. The molecule has 0 unspecified atom stereocenters. The van der Waals surface area contributed by atoms with Gasteiger partial charge in [-0.15, -0.1) is 0 Å². The summed E-state index contributed by atoms with van der Waals surface area (Å²) in [7, 11) is 0. The van der Waals surface area contributed by atoms with Crippen molar-refractivity contribution in [1.82, 2.24) is 0 Å². The number of benzene rings is 1. The molecule has 21 heavy (non-hydrogen) atoms. The van der Waals surface area contributed by atoms with Crippen molar-refractivity contribution in [3.8, 4) is 6.07 Å². The van der Waals surface area contributed by atoms with Crippen LogP contribution in [-0.4, -0.2) is 18.6 Å². The van der Waals surface area contributed by atoms with Crippen molar-refractivity contribution in [2.75, 3.05) is 23.9 Å². The molecule has 2 nitrogen and oxygen atoms in total. The van der Waals surface area contributed by atoms with Gasteiger partial charge in [0.15, 0.2) is 0 Å². The van der Waals surface area contributed by atoms with Crippen molar-refractivity contribution < 1.29 is 13.2 Å². The number of rotatable bonds is 8. The van der Waals surface area contributed by atoms with Crippen LogP contribution in [0.5, 0.6) is 0 Å². The molecule has 0 fully saturated rings. The lowest BCUT2D eigenvalue weighted by molar-refractivity contribution is -0.137. The van der Waals surface area contributed by atoms with Crippen molar-refractivity contribution in [1.29, 1.82) is 5.26 Å². The van der Waals surface area contributed by atoms with E-state index in [-0.39, 0.29) is 5.56 Å². The van der Waals surface area contributed by atoms with Gasteiger partial charge in [0.1, 0.15) is 0 Å². The number of halogens is 3. The van der Waals surface area contributed by atoms with Gasteiger partial charge in [-0.3, -0.25) is 0 Å². The van der Waals surface area contributed by atoms with Gasteiger partial charge in [-0.1, -0.05) is 12.8 Å². The van der Waals surface area contributed by atoms with Gasteiger partial charge in [-0.05, 0) is 43.0 Å². The standard InChI is InChI=1S/C15H19F3N2S/c1-21-9-5-3-2-4-8-20-13-7-6-12(11-19)14(10-13)15(16,17)18/h6-7,10,20H,2-5,8-9H2,1H3. The molecule has 0 bridgehead atoms. The molecule has 0 saturated heterocycles. The second kappa shape index (κ2) is 8.83. The summed E-state index contributed by atoms with van der Waals surface area (Å²) in [5, 5.41) is 11.7. The highest BCUT2D eigenvalue weighted by Gasteiger charge is 2.33. The van der Waals surface area contributed by atoms with Crippen LogP contribution in [0.25, 0.3) is 0 Å². The van der Waals surface area contributed by atoms with Crippen molar-refractivity contribution >= 4 is 17.4 Å². The molecule has 0 aliphatic rings. The Morgan fingerprint density at radius 1 is 1.19 bits per heavy atom. The van der Waals surface area contributed by atoms with Gasteiger partial charge in [-0.2, -0.15) is 30.2 Å². The zero-order chi connectivity index (χ0) is 15.7. The number of nitrogens with zero attached hydrogens (tertiary/aromatic N) is 1. The smallest absolute Gasteiger partial charge is 0.385 e. The maximum atomic E-state index is 12.8. The zero-order valence-electron chi connectivity index (χ0n) is 12.0. The summed E-state index contributed by atoms with van der Waals surface area (Å²) in [4.78, 5) is 0. The summed E-state index contributed by atoms with van der Waals surface area (Å²) >= 11 is 1.82. The number of nitrogens with one attached hydrogen (secondary N) is 1. The van der Waals surface area contributed by atoms with Crippen molar-refractivity contribution in [2.24, 2.45) is 0 Å². The predicted octanol–water partition coefficient (Wildman–Crippen LogP) is 4.91. The van der Waals surface area contributed by atoms with Crippen LogP contribution >= 0.6 is 11.8 Å². The third-order valence-electron chi connectivity index (χ3n) is 3.05. The van der Waals surface area contributed by atoms with Crippen LogP contribution in [-0.2, 0) is 6.18 Å². The summed E-state index contributed by atoms with van der Waals surface area (Å²) in [6.45, 7) is 0.641. The first-order valence-electron chi connectivity index (χ1n) is 6.83. The van der Waals surface area contributed by atoms with E-state index in [0.29, 0.717) is 12.2 Å². The molecular weight excluding hydrogens is 297 g/mol. The summed E-state index contributed by atoms with van der Waals surface area (Å²) in [5.41, 5.74) is -0.814. The van der Waals surface area contributed by atoms with E-state index in [2.05, 4.69) is 11.6 Å². The second-order valence-electron chi connectivity index (χ2n) is 4.70. The minimum Gasteiger partial charge on any atom is -0.385 e. The molecule has 6 heteroatoms. The number of thioether (sulfide) groups is 1. The molecular formula is C15H19F3N2S. The third kappa shape index (κ3) is 6.30. The van der Waals surface area contributed by atoms with E-state index in [4.69, 9.17) is 5.26 Å². The molecule has 0 amide bonds. The van der Waals surface area contributed by atoms with E-state index in [1.165, 1.54) is 18.6 Å². The SMILES string of the molecule is CSCCCCCCNc1ccc(C#N)c(C(F)(F)F)c1. The first-order valence-corrected chi connectivity index (χ1v) is 8.22. The van der Waals surface area contributed by atoms with Gasteiger partial charge >= 0.3 is 6.18 Å². The fraction of sp³-hybridized carbons (Fsp3) is 0.533. The number of hydrogen-bond donors (Lipinski definition) is 1. The Kier molecular flexibility index (Phi) is 7.44. The molecule has 0 aliphatic heterocycles. The molecule has 0 spiro atoms. The Bertz CT molecular complexity index is 481. The minimum atomic E-state index is -4.50. The van der Waals surface area contributed by atoms with E-state index in [9.17, 15) is 13.2 Å². The Hall–Kier alpha value is -1.35. The highest BCUT2D eigenvalue weighted by molar-refractivity contribution is 7.98. The van der Waals surface area contributed by atoms with Crippen molar-refractivity contribution in [2.45, 2.75) is 31.9 Å². The van der Waals surface area contributed by atoms with Crippen molar-refractivity contribution in [3.05, 3.63) is 29.3 Å². The van der Waals surface area contributed by atoms with Gasteiger partial charge in [0.2, 0.25) is 0 Å². The first-order chi connectivity index (χ1) is 9.99. The molecule has 0 radical (unpaired) electrons. The van der Waals surface area contributed by atoms with Gasteiger partial charge in [0.25, 0.3) is 0 Å². The predicted molar refractivity (Wildman–Crippen MR) is 81.5 cm³/mol. The monoisotopic (exact) mass is 316 g/mol. The van der Waals surface area contributed by atoms with Gasteiger partial charge in [-0.25, -0.2) is 0 Å². The van der Waals surface area contributed by atoms with Gasteiger partial charge in [0, 0.05) is 12.2 Å². The highest BCUT2D eigenvalue weighted by Crippen LogP contribution is 2.33. The fourth-order valence-corrected chi connectivity index (χ4v) is 2.44. The maximum Gasteiger partial charge on any atom is 0.417 e. The van der Waals surface area contributed by atoms with E-state index >= 15 is 0 Å². The quantitative estimate of drug-likeness (QED) is 0.692. The lowest BCUT2D eigenvalue weighted by Gasteiger charge is -2.12. The molecule has 1 rings (SSSR count). The molecule has 0 saturated carbocycles. The van der Waals surface area contributed by atoms with Crippen LogP contribution in [0.4, 0.5) is 18.9 Å². The molecule has 0 atom stereocenters. The van der Waals surface area contributed by atoms with E-state index in [0.717, 1.165) is 31.1 Å². The molecule has 1 aromatic carbocycles. The summed E-state index contributed by atoms with van der Waals surface area (Å²) in [6, 6.07) is 5.31. The summed E-state index contributed by atoms with van der Waals surface area (Å²) < 4.78 is 38.4. The Morgan fingerprint density at radius 3 is 2.52 bits per heavy atom. The topological polar surface area (TPSA) is 35.8 Å². The largest absolute Gasteiger partial charge is 0.417 e. The molecule has 1 aromatic rings. The van der Waals surface area contributed by atoms with Gasteiger partial charge < -0.3 is 5.32 Å². The number of nitriles is 1. The summed E-state index contributed by atoms with van der Waals surface area (Å²) in [5.74, 6) is 1.15. The number of unbranched alkanes of at least 4 members (excludes halogenated alkanes) is 3. The fourth-order valence-electron chi connectivity index (χ4n) is 1.94. The van der Waals surface area contributed by atoms with Crippen LogP contribution in [0.2, 0.25) is 0 Å². The Morgan fingerprint density at radius 2 is 1.90 bits per heavy atom. The molecule has 1 N–H and O–H groups in total. The zero-order valence-corrected chi connectivity index (χ0v) is 12.8. The molecule has 116 valence electrons.